The zero-order chi connectivity index (χ0) is 10.7. The molecule has 2 rings (SSSR count). The number of halogens is 1. The minimum absolute atomic E-state index is 0. The van der Waals surface area contributed by atoms with E-state index in [1.807, 2.05) is 6.07 Å². The van der Waals surface area contributed by atoms with Gasteiger partial charge in [-0.3, -0.25) is 4.98 Å². The van der Waals surface area contributed by atoms with E-state index in [0.29, 0.717) is 5.82 Å². The van der Waals surface area contributed by atoms with Crippen LogP contribution in [0.15, 0.2) is 36.9 Å². The van der Waals surface area contributed by atoms with Crippen LogP contribution < -0.4 is 0 Å². The summed E-state index contributed by atoms with van der Waals surface area (Å²) in [6, 6.07) is 3.58. The SMILES string of the molecule is Cl.O=C(O)c1cnc(-c2cccnc2)nc1. The third-order valence-electron chi connectivity index (χ3n) is 1.82. The molecule has 0 spiro atoms. The fraction of sp³-hybridized carbons (Fsp3) is 0. The summed E-state index contributed by atoms with van der Waals surface area (Å²) in [5, 5.41) is 8.65. The van der Waals surface area contributed by atoms with Gasteiger partial charge in [0, 0.05) is 30.4 Å². The lowest BCUT2D eigenvalue weighted by Crippen LogP contribution is -1.99. The molecule has 2 heterocycles. The molecule has 0 aliphatic rings. The molecule has 0 amide bonds. The molecule has 0 bridgehead atoms. The standard InChI is InChI=1S/C10H7N3O2.ClH/c14-10(15)8-5-12-9(13-6-8)7-2-1-3-11-4-7;/h1-6H,(H,14,15);1H. The summed E-state index contributed by atoms with van der Waals surface area (Å²) in [6.45, 7) is 0. The molecular weight excluding hydrogens is 230 g/mol. The first-order valence-electron chi connectivity index (χ1n) is 4.23. The molecular formula is C10H8ClN3O2. The van der Waals surface area contributed by atoms with E-state index in [-0.39, 0.29) is 18.0 Å². The van der Waals surface area contributed by atoms with E-state index in [4.69, 9.17) is 5.11 Å². The van der Waals surface area contributed by atoms with Crippen molar-refractivity contribution in [3.05, 3.63) is 42.5 Å². The van der Waals surface area contributed by atoms with E-state index < -0.39 is 5.97 Å². The molecule has 1 N–H and O–H groups in total. The van der Waals surface area contributed by atoms with Crippen LogP contribution in [0.25, 0.3) is 11.4 Å². The molecule has 0 aliphatic carbocycles. The van der Waals surface area contributed by atoms with Crippen molar-refractivity contribution >= 4 is 18.4 Å². The quantitative estimate of drug-likeness (QED) is 0.860. The van der Waals surface area contributed by atoms with Gasteiger partial charge in [-0.25, -0.2) is 14.8 Å². The average Bonchev–Trinajstić information content (AvgIpc) is 2.30. The lowest BCUT2D eigenvalue weighted by atomic mass is 10.2. The monoisotopic (exact) mass is 237 g/mol. The summed E-state index contributed by atoms with van der Waals surface area (Å²) in [7, 11) is 0. The van der Waals surface area contributed by atoms with Crippen molar-refractivity contribution in [2.75, 3.05) is 0 Å². The summed E-state index contributed by atoms with van der Waals surface area (Å²) in [5.41, 5.74) is 0.831. The largest absolute Gasteiger partial charge is 0.478 e. The van der Waals surface area contributed by atoms with Crippen LogP contribution in [0.4, 0.5) is 0 Å². The van der Waals surface area contributed by atoms with Gasteiger partial charge in [-0.15, -0.1) is 12.4 Å². The molecule has 0 aromatic carbocycles. The van der Waals surface area contributed by atoms with E-state index in [9.17, 15) is 4.79 Å². The van der Waals surface area contributed by atoms with Crippen molar-refractivity contribution in [1.82, 2.24) is 15.0 Å². The van der Waals surface area contributed by atoms with Crippen LogP contribution in [0.5, 0.6) is 0 Å². The van der Waals surface area contributed by atoms with Gasteiger partial charge in [-0.05, 0) is 12.1 Å². The Morgan fingerprint density at radius 3 is 2.38 bits per heavy atom. The third kappa shape index (κ3) is 2.52. The minimum Gasteiger partial charge on any atom is -0.478 e. The molecule has 0 fully saturated rings. The molecule has 0 saturated carbocycles. The van der Waals surface area contributed by atoms with Crippen LogP contribution in [0.2, 0.25) is 0 Å². The summed E-state index contributed by atoms with van der Waals surface area (Å²) in [5.74, 6) is -0.569. The van der Waals surface area contributed by atoms with Crippen molar-refractivity contribution in [2.45, 2.75) is 0 Å². The Bertz CT molecular complexity index is 473. The van der Waals surface area contributed by atoms with Gasteiger partial charge in [0.15, 0.2) is 5.82 Å². The first kappa shape index (κ1) is 12.1. The van der Waals surface area contributed by atoms with Crippen molar-refractivity contribution in [1.29, 1.82) is 0 Å². The number of rotatable bonds is 2. The van der Waals surface area contributed by atoms with Crippen molar-refractivity contribution in [3.63, 3.8) is 0 Å². The van der Waals surface area contributed by atoms with Gasteiger partial charge in [-0.2, -0.15) is 0 Å². The summed E-state index contributed by atoms with van der Waals surface area (Å²) in [6.07, 6.45) is 5.82. The zero-order valence-electron chi connectivity index (χ0n) is 8.07. The van der Waals surface area contributed by atoms with Crippen LogP contribution in [0, 0.1) is 0 Å². The highest BCUT2D eigenvalue weighted by atomic mass is 35.5. The van der Waals surface area contributed by atoms with Gasteiger partial charge in [0.05, 0.1) is 5.56 Å². The zero-order valence-corrected chi connectivity index (χ0v) is 8.89. The fourth-order valence-electron chi connectivity index (χ4n) is 1.08. The minimum atomic E-state index is -1.03. The smallest absolute Gasteiger partial charge is 0.338 e. The number of pyridine rings is 1. The molecule has 16 heavy (non-hydrogen) atoms. The van der Waals surface area contributed by atoms with Crippen molar-refractivity contribution in [3.8, 4) is 11.4 Å². The second-order valence-corrected chi connectivity index (χ2v) is 2.84. The summed E-state index contributed by atoms with van der Waals surface area (Å²) >= 11 is 0. The molecule has 2 aromatic rings. The van der Waals surface area contributed by atoms with Crippen LogP contribution in [-0.2, 0) is 0 Å². The number of carboxylic acid groups (broad SMARTS) is 1. The lowest BCUT2D eigenvalue weighted by Gasteiger charge is -1.98. The van der Waals surface area contributed by atoms with Crippen molar-refractivity contribution < 1.29 is 9.90 Å². The van der Waals surface area contributed by atoms with E-state index in [1.54, 1.807) is 18.5 Å². The molecule has 0 radical (unpaired) electrons. The van der Waals surface area contributed by atoms with Gasteiger partial charge in [0.2, 0.25) is 0 Å². The fourth-order valence-corrected chi connectivity index (χ4v) is 1.08. The summed E-state index contributed by atoms with van der Waals surface area (Å²) < 4.78 is 0. The number of hydrogen-bond acceptors (Lipinski definition) is 4. The predicted molar refractivity (Wildman–Crippen MR) is 59.5 cm³/mol. The highest BCUT2D eigenvalue weighted by Crippen LogP contribution is 2.11. The third-order valence-corrected chi connectivity index (χ3v) is 1.82. The molecule has 0 aliphatic heterocycles. The first-order chi connectivity index (χ1) is 7.27. The molecule has 0 saturated heterocycles. The maximum atomic E-state index is 10.6. The maximum absolute atomic E-state index is 10.6. The predicted octanol–water partition coefficient (Wildman–Crippen LogP) is 1.66. The first-order valence-corrected chi connectivity index (χ1v) is 4.23. The molecule has 6 heteroatoms. The molecule has 0 unspecified atom stereocenters. The van der Waals surface area contributed by atoms with E-state index in [0.717, 1.165) is 5.56 Å². The van der Waals surface area contributed by atoms with Gasteiger partial charge in [0.1, 0.15) is 0 Å². The molecule has 2 aromatic heterocycles. The molecule has 0 atom stereocenters. The van der Waals surface area contributed by atoms with Gasteiger partial charge in [-0.1, -0.05) is 0 Å². The van der Waals surface area contributed by atoms with Crippen molar-refractivity contribution in [2.24, 2.45) is 0 Å². The molecule has 5 nitrogen and oxygen atoms in total. The highest BCUT2D eigenvalue weighted by Gasteiger charge is 2.05. The highest BCUT2D eigenvalue weighted by molar-refractivity contribution is 5.86. The van der Waals surface area contributed by atoms with E-state index >= 15 is 0 Å². The van der Waals surface area contributed by atoms with Crippen LogP contribution in [0.3, 0.4) is 0 Å². The van der Waals surface area contributed by atoms with Crippen LogP contribution >= 0.6 is 12.4 Å². The second-order valence-electron chi connectivity index (χ2n) is 2.84. The van der Waals surface area contributed by atoms with E-state index in [1.165, 1.54) is 12.4 Å². The second kappa shape index (κ2) is 5.18. The van der Waals surface area contributed by atoms with Gasteiger partial charge in [0.25, 0.3) is 0 Å². The van der Waals surface area contributed by atoms with Gasteiger partial charge >= 0.3 is 5.97 Å². The number of hydrogen-bond donors (Lipinski definition) is 1. The Balaban J connectivity index is 0.00000128. The number of nitrogens with zero attached hydrogens (tertiary/aromatic N) is 3. The lowest BCUT2D eigenvalue weighted by molar-refractivity contribution is 0.0696. The Morgan fingerprint density at radius 2 is 1.88 bits per heavy atom. The van der Waals surface area contributed by atoms with Crippen LogP contribution in [0.1, 0.15) is 10.4 Å². The van der Waals surface area contributed by atoms with E-state index in [2.05, 4.69) is 15.0 Å². The Morgan fingerprint density at radius 1 is 1.19 bits per heavy atom. The topological polar surface area (TPSA) is 76.0 Å². The summed E-state index contributed by atoms with van der Waals surface area (Å²) in [4.78, 5) is 22.4. The maximum Gasteiger partial charge on any atom is 0.338 e. The number of carboxylic acids is 1. The van der Waals surface area contributed by atoms with Crippen LogP contribution in [-0.4, -0.2) is 26.0 Å². The number of carbonyl (C=O) groups is 1. The number of aromatic carboxylic acids is 1. The van der Waals surface area contributed by atoms with Gasteiger partial charge < -0.3 is 5.11 Å². The average molecular weight is 238 g/mol. The normalized spacial score (nSPS) is 9.25. The molecule has 82 valence electrons. The Hall–Kier alpha value is -2.01. The Kier molecular flexibility index (Phi) is 3.90. The number of aromatic nitrogens is 3. The Labute approximate surface area is 97.6 Å².